The van der Waals surface area contributed by atoms with Gasteiger partial charge < -0.3 is 4.74 Å². The Morgan fingerprint density at radius 2 is 1.33 bits per heavy atom. The van der Waals surface area contributed by atoms with Crippen LogP contribution < -0.4 is 0 Å². The van der Waals surface area contributed by atoms with E-state index in [1.54, 1.807) is 0 Å². The second-order valence-corrected chi connectivity index (χ2v) is 6.44. The maximum Gasteiger partial charge on any atom is 0.0616 e. The van der Waals surface area contributed by atoms with E-state index >= 15 is 0 Å². The highest BCUT2D eigenvalue weighted by molar-refractivity contribution is 5.42. The molecule has 0 radical (unpaired) electrons. The lowest BCUT2D eigenvalue weighted by Gasteiger charge is -2.38. The highest BCUT2D eigenvalue weighted by Crippen LogP contribution is 2.51. The van der Waals surface area contributed by atoms with Gasteiger partial charge in [0.1, 0.15) is 0 Å². The molecule has 0 spiro atoms. The molecule has 0 amide bonds. The summed E-state index contributed by atoms with van der Waals surface area (Å²) < 4.78 is 6.28. The Balaban J connectivity index is 1.87. The topological polar surface area (TPSA) is 9.23 Å². The maximum atomic E-state index is 6.28. The van der Waals surface area contributed by atoms with Gasteiger partial charge in [0.25, 0.3) is 0 Å². The van der Waals surface area contributed by atoms with Gasteiger partial charge in [-0.2, -0.15) is 0 Å². The SMILES string of the molecule is c1ccc(C2(c3ccccc3)CO[C@H]3CCCC[C@H]32)cc1. The predicted molar refractivity (Wildman–Crippen MR) is 85.4 cm³/mol. The van der Waals surface area contributed by atoms with E-state index in [1.165, 1.54) is 36.8 Å². The van der Waals surface area contributed by atoms with Gasteiger partial charge in [-0.25, -0.2) is 0 Å². The van der Waals surface area contributed by atoms with Gasteiger partial charge in [0, 0.05) is 11.3 Å². The largest absolute Gasteiger partial charge is 0.377 e. The van der Waals surface area contributed by atoms with Gasteiger partial charge in [0.15, 0.2) is 0 Å². The Morgan fingerprint density at radius 3 is 1.95 bits per heavy atom. The average Bonchev–Trinajstić information content (AvgIpc) is 2.97. The first-order chi connectivity index (χ1) is 10.4. The Morgan fingerprint density at radius 1 is 0.762 bits per heavy atom. The lowest BCUT2D eigenvalue weighted by atomic mass is 9.63. The van der Waals surface area contributed by atoms with Crippen LogP contribution in [0, 0.1) is 5.92 Å². The van der Waals surface area contributed by atoms with Gasteiger partial charge in [-0.05, 0) is 24.0 Å². The monoisotopic (exact) mass is 278 g/mol. The first-order valence-corrected chi connectivity index (χ1v) is 8.14. The highest BCUT2D eigenvalue weighted by atomic mass is 16.5. The van der Waals surface area contributed by atoms with Crippen molar-refractivity contribution in [2.75, 3.05) is 6.61 Å². The molecule has 0 bridgehead atoms. The Kier molecular flexibility index (Phi) is 3.31. The smallest absolute Gasteiger partial charge is 0.0616 e. The quantitative estimate of drug-likeness (QED) is 0.782. The van der Waals surface area contributed by atoms with Crippen LogP contribution in [0.4, 0.5) is 0 Å². The van der Waals surface area contributed by atoms with Crippen LogP contribution in [0.25, 0.3) is 0 Å². The molecule has 108 valence electrons. The Labute approximate surface area is 127 Å². The van der Waals surface area contributed by atoms with Gasteiger partial charge >= 0.3 is 0 Å². The van der Waals surface area contributed by atoms with E-state index in [2.05, 4.69) is 60.7 Å². The van der Waals surface area contributed by atoms with Crippen LogP contribution in [0.2, 0.25) is 0 Å². The molecule has 1 saturated heterocycles. The van der Waals surface area contributed by atoms with Crippen molar-refractivity contribution in [2.24, 2.45) is 5.92 Å². The summed E-state index contributed by atoms with van der Waals surface area (Å²) >= 11 is 0. The maximum absolute atomic E-state index is 6.28. The molecule has 2 aliphatic rings. The van der Waals surface area contributed by atoms with Gasteiger partial charge in [-0.3, -0.25) is 0 Å². The predicted octanol–water partition coefficient (Wildman–Crippen LogP) is 4.56. The highest BCUT2D eigenvalue weighted by Gasteiger charge is 2.51. The fraction of sp³-hybridized carbons (Fsp3) is 0.400. The summed E-state index contributed by atoms with van der Waals surface area (Å²) in [6.07, 6.45) is 5.62. The first kappa shape index (κ1) is 13.1. The van der Waals surface area contributed by atoms with Gasteiger partial charge in [-0.1, -0.05) is 73.5 Å². The van der Waals surface area contributed by atoms with Crippen LogP contribution in [-0.2, 0) is 10.2 Å². The van der Waals surface area contributed by atoms with Crippen LogP contribution in [-0.4, -0.2) is 12.7 Å². The fourth-order valence-electron chi connectivity index (χ4n) is 4.44. The Hall–Kier alpha value is -1.60. The summed E-state index contributed by atoms with van der Waals surface area (Å²) in [7, 11) is 0. The third kappa shape index (κ3) is 2.03. The van der Waals surface area contributed by atoms with Crippen LogP contribution in [0.1, 0.15) is 36.8 Å². The minimum atomic E-state index is 0.0492. The molecule has 21 heavy (non-hydrogen) atoms. The zero-order valence-corrected chi connectivity index (χ0v) is 12.4. The summed E-state index contributed by atoms with van der Waals surface area (Å²) in [5.74, 6) is 0.621. The number of fused-ring (bicyclic) bond motifs is 1. The van der Waals surface area contributed by atoms with E-state index in [1.807, 2.05) is 0 Å². The summed E-state index contributed by atoms with van der Waals surface area (Å²) in [5, 5.41) is 0. The van der Waals surface area contributed by atoms with E-state index < -0.39 is 0 Å². The van der Waals surface area contributed by atoms with Crippen molar-refractivity contribution in [1.82, 2.24) is 0 Å². The summed E-state index contributed by atoms with van der Waals surface area (Å²) in [6, 6.07) is 22.0. The van der Waals surface area contributed by atoms with Crippen molar-refractivity contribution in [3.05, 3.63) is 71.8 Å². The number of rotatable bonds is 2. The molecule has 1 heterocycles. The van der Waals surface area contributed by atoms with Gasteiger partial charge in [0.05, 0.1) is 12.7 Å². The number of ether oxygens (including phenoxy) is 1. The molecule has 1 aliphatic carbocycles. The van der Waals surface area contributed by atoms with Crippen molar-refractivity contribution in [3.8, 4) is 0 Å². The van der Waals surface area contributed by atoms with E-state index in [-0.39, 0.29) is 5.41 Å². The molecule has 4 rings (SSSR count). The lowest BCUT2D eigenvalue weighted by Crippen LogP contribution is -2.39. The van der Waals surface area contributed by atoms with Gasteiger partial charge in [0.2, 0.25) is 0 Å². The van der Waals surface area contributed by atoms with Crippen molar-refractivity contribution in [3.63, 3.8) is 0 Å². The standard InChI is InChI=1S/C20H22O/c1-3-9-16(10-4-1)20(17-11-5-2-6-12-17)15-21-19-14-8-7-13-18(19)20/h1-6,9-12,18-19H,7-8,13-15H2/t18-,19+/m1/s1. The molecule has 0 unspecified atom stereocenters. The molecule has 1 saturated carbocycles. The molecular formula is C20H22O. The first-order valence-electron chi connectivity index (χ1n) is 8.14. The lowest BCUT2D eigenvalue weighted by molar-refractivity contribution is 0.0663. The van der Waals surface area contributed by atoms with Gasteiger partial charge in [-0.15, -0.1) is 0 Å². The molecule has 1 nitrogen and oxygen atoms in total. The molecule has 2 fully saturated rings. The minimum absolute atomic E-state index is 0.0492. The summed E-state index contributed by atoms with van der Waals surface area (Å²) in [5.41, 5.74) is 2.89. The second kappa shape index (κ2) is 5.31. The molecule has 0 N–H and O–H groups in total. The van der Waals surface area contributed by atoms with Crippen molar-refractivity contribution in [2.45, 2.75) is 37.2 Å². The summed E-state index contributed by atoms with van der Waals surface area (Å²) in [4.78, 5) is 0. The van der Waals surface area contributed by atoms with Crippen molar-refractivity contribution < 1.29 is 4.74 Å². The molecule has 2 aromatic rings. The van der Waals surface area contributed by atoms with Crippen molar-refractivity contribution in [1.29, 1.82) is 0 Å². The van der Waals surface area contributed by atoms with Crippen molar-refractivity contribution >= 4 is 0 Å². The second-order valence-electron chi connectivity index (χ2n) is 6.44. The molecule has 0 aromatic heterocycles. The zero-order chi connectivity index (χ0) is 14.1. The number of benzene rings is 2. The normalized spacial score (nSPS) is 27.2. The number of hydrogen-bond donors (Lipinski definition) is 0. The molecule has 1 heteroatoms. The van der Waals surface area contributed by atoms with Crippen LogP contribution >= 0.6 is 0 Å². The number of hydrogen-bond acceptors (Lipinski definition) is 1. The summed E-state index contributed by atoms with van der Waals surface area (Å²) in [6.45, 7) is 0.830. The van der Waals surface area contributed by atoms with E-state index in [0.29, 0.717) is 12.0 Å². The van der Waals surface area contributed by atoms with E-state index in [9.17, 15) is 0 Å². The zero-order valence-electron chi connectivity index (χ0n) is 12.4. The van der Waals surface area contributed by atoms with E-state index in [4.69, 9.17) is 4.74 Å². The average molecular weight is 278 g/mol. The Bertz CT molecular complexity index is 550. The third-order valence-electron chi connectivity index (χ3n) is 5.44. The third-order valence-corrected chi connectivity index (χ3v) is 5.44. The van der Waals surface area contributed by atoms with Crippen LogP contribution in [0.3, 0.4) is 0 Å². The van der Waals surface area contributed by atoms with Crippen LogP contribution in [0.15, 0.2) is 60.7 Å². The molecular weight excluding hydrogens is 256 g/mol. The van der Waals surface area contributed by atoms with Crippen LogP contribution in [0.5, 0.6) is 0 Å². The minimum Gasteiger partial charge on any atom is -0.377 e. The molecule has 2 atom stereocenters. The van der Waals surface area contributed by atoms with E-state index in [0.717, 1.165) is 6.61 Å². The fourth-order valence-corrected chi connectivity index (χ4v) is 4.44. The molecule has 2 aromatic carbocycles. The molecule has 1 aliphatic heterocycles.